The van der Waals surface area contributed by atoms with E-state index in [1.54, 1.807) is 6.92 Å². The zero-order valence-corrected chi connectivity index (χ0v) is 13.0. The van der Waals surface area contributed by atoms with Crippen LogP contribution in [0.4, 0.5) is 4.79 Å². The van der Waals surface area contributed by atoms with Crippen LogP contribution in [0.25, 0.3) is 0 Å². The molecule has 0 radical (unpaired) electrons. The molecule has 0 aliphatic carbocycles. The zero-order chi connectivity index (χ0) is 15.0. The van der Waals surface area contributed by atoms with Gasteiger partial charge in [-0.3, -0.25) is 0 Å². The monoisotopic (exact) mass is 307 g/mol. The Morgan fingerprint density at radius 2 is 2.20 bits per heavy atom. The molecule has 1 fully saturated rings. The summed E-state index contributed by atoms with van der Waals surface area (Å²) in [6, 6.07) is 0.158. The third-order valence-corrected chi connectivity index (χ3v) is 4.61. The molecule has 7 nitrogen and oxygen atoms in total. The first kappa shape index (κ1) is 17.2. The third-order valence-electron chi connectivity index (χ3n) is 3.18. The molecule has 0 aromatic heterocycles. The predicted octanol–water partition coefficient (Wildman–Crippen LogP) is 0.831. The van der Waals surface area contributed by atoms with Gasteiger partial charge in [0, 0.05) is 19.1 Å². The number of carbonyl (C=O) groups is 1. The molecule has 2 N–H and O–H groups in total. The first-order valence-electron chi connectivity index (χ1n) is 7.17. The van der Waals surface area contributed by atoms with E-state index in [4.69, 9.17) is 0 Å². The van der Waals surface area contributed by atoms with Gasteiger partial charge in [-0.1, -0.05) is 13.3 Å². The van der Waals surface area contributed by atoms with E-state index in [2.05, 4.69) is 10.1 Å². The van der Waals surface area contributed by atoms with Gasteiger partial charge in [-0.05, 0) is 32.7 Å². The number of hydrogen-bond acceptors (Lipinski definition) is 5. The fourth-order valence-electron chi connectivity index (χ4n) is 2.13. The maximum absolute atomic E-state index is 12.2. The molecule has 0 bridgehead atoms. The molecule has 1 unspecified atom stereocenters. The van der Waals surface area contributed by atoms with Crippen molar-refractivity contribution in [1.82, 2.24) is 14.3 Å². The van der Waals surface area contributed by atoms with E-state index in [1.807, 2.05) is 11.6 Å². The van der Waals surface area contributed by atoms with Gasteiger partial charge in [-0.2, -0.15) is 12.7 Å². The summed E-state index contributed by atoms with van der Waals surface area (Å²) in [5.41, 5.74) is 0. The van der Waals surface area contributed by atoms with Crippen molar-refractivity contribution in [2.24, 2.45) is 0 Å². The minimum atomic E-state index is -3.83. The second-order valence-corrected chi connectivity index (χ2v) is 6.50. The largest absolute Gasteiger partial charge is 0.449 e. The fourth-order valence-corrected chi connectivity index (χ4v) is 3.28. The summed E-state index contributed by atoms with van der Waals surface area (Å²) < 4.78 is 32.3. The van der Waals surface area contributed by atoms with Gasteiger partial charge in [0.25, 0.3) is 0 Å². The van der Waals surface area contributed by atoms with E-state index >= 15 is 0 Å². The molecule has 1 amide bonds. The van der Waals surface area contributed by atoms with Crippen LogP contribution >= 0.6 is 0 Å². The molecule has 0 aromatic rings. The van der Waals surface area contributed by atoms with Crippen LogP contribution in [0.3, 0.4) is 0 Å². The average molecular weight is 307 g/mol. The van der Waals surface area contributed by atoms with Crippen LogP contribution in [0.5, 0.6) is 0 Å². The molecule has 1 aliphatic rings. The summed E-state index contributed by atoms with van der Waals surface area (Å²) in [5.74, 6) is 0. The number of nitrogens with one attached hydrogen (secondary N) is 2. The molecule has 1 heterocycles. The van der Waals surface area contributed by atoms with Gasteiger partial charge >= 0.3 is 16.3 Å². The van der Waals surface area contributed by atoms with Crippen LogP contribution in [0.1, 0.15) is 39.5 Å². The smallest absolute Gasteiger partial charge is 0.421 e. The molecule has 0 saturated carbocycles. The van der Waals surface area contributed by atoms with Crippen molar-refractivity contribution < 1.29 is 17.9 Å². The fraction of sp³-hybridized carbons (Fsp3) is 0.917. The van der Waals surface area contributed by atoms with Gasteiger partial charge in [-0.15, -0.1) is 0 Å². The predicted molar refractivity (Wildman–Crippen MR) is 76.6 cm³/mol. The van der Waals surface area contributed by atoms with E-state index in [0.29, 0.717) is 13.1 Å². The molecule has 0 spiro atoms. The zero-order valence-electron chi connectivity index (χ0n) is 12.2. The van der Waals surface area contributed by atoms with E-state index in [9.17, 15) is 13.2 Å². The normalized spacial score (nSPS) is 19.2. The van der Waals surface area contributed by atoms with Crippen LogP contribution in [0.2, 0.25) is 0 Å². The molecule has 20 heavy (non-hydrogen) atoms. The lowest BCUT2D eigenvalue weighted by atomic mass is 10.2. The highest BCUT2D eigenvalue weighted by atomic mass is 32.2. The van der Waals surface area contributed by atoms with Crippen LogP contribution < -0.4 is 10.0 Å². The Morgan fingerprint density at radius 1 is 1.45 bits per heavy atom. The summed E-state index contributed by atoms with van der Waals surface area (Å²) in [6.45, 7) is 5.47. The standard InChI is InChI=1S/C12H25N3O4S/c1-3-5-9-15(10-11-7-6-8-13-11)20(17,18)14-12(16)19-4-2/h11,13H,3-10H2,1-2H3,(H,14,16). The van der Waals surface area contributed by atoms with E-state index in [1.165, 1.54) is 4.31 Å². The number of amides is 1. The number of nitrogens with zero attached hydrogens (tertiary/aromatic N) is 1. The summed E-state index contributed by atoms with van der Waals surface area (Å²) in [5, 5.41) is 3.26. The van der Waals surface area contributed by atoms with E-state index < -0.39 is 16.3 Å². The van der Waals surface area contributed by atoms with E-state index in [-0.39, 0.29) is 12.6 Å². The van der Waals surface area contributed by atoms with Crippen LogP contribution in [0.15, 0.2) is 0 Å². The van der Waals surface area contributed by atoms with Crippen molar-refractivity contribution in [3.8, 4) is 0 Å². The Bertz CT molecular complexity index is 394. The first-order chi connectivity index (χ1) is 9.49. The Labute approximate surface area is 121 Å². The highest BCUT2D eigenvalue weighted by Crippen LogP contribution is 2.10. The summed E-state index contributed by atoms with van der Waals surface area (Å²) in [7, 11) is -3.83. The maximum Gasteiger partial charge on any atom is 0.421 e. The Balaban J connectivity index is 2.65. The lowest BCUT2D eigenvalue weighted by Gasteiger charge is -2.24. The maximum atomic E-state index is 12.2. The topological polar surface area (TPSA) is 87.7 Å². The van der Waals surface area contributed by atoms with Gasteiger partial charge in [0.05, 0.1) is 6.61 Å². The SMILES string of the molecule is CCCCN(CC1CCCN1)S(=O)(=O)NC(=O)OCC. The van der Waals surface area contributed by atoms with E-state index in [0.717, 1.165) is 32.2 Å². The highest BCUT2D eigenvalue weighted by molar-refractivity contribution is 7.87. The quantitative estimate of drug-likeness (QED) is 0.693. The molecule has 118 valence electrons. The van der Waals surface area contributed by atoms with Gasteiger partial charge in [-0.25, -0.2) is 9.52 Å². The molecule has 1 atom stereocenters. The van der Waals surface area contributed by atoms with Gasteiger partial charge in [0.15, 0.2) is 0 Å². The highest BCUT2D eigenvalue weighted by Gasteiger charge is 2.28. The van der Waals surface area contributed by atoms with Crippen molar-refractivity contribution in [1.29, 1.82) is 0 Å². The van der Waals surface area contributed by atoms with Gasteiger partial charge < -0.3 is 10.1 Å². The Hall–Kier alpha value is -0.860. The van der Waals surface area contributed by atoms with Gasteiger partial charge in [0.2, 0.25) is 0 Å². The lowest BCUT2D eigenvalue weighted by Crippen LogP contribution is -2.48. The summed E-state index contributed by atoms with van der Waals surface area (Å²) in [4.78, 5) is 11.3. The van der Waals surface area contributed by atoms with Crippen LogP contribution in [0, 0.1) is 0 Å². The summed E-state index contributed by atoms with van der Waals surface area (Å²) in [6.07, 6.45) is 2.74. The molecule has 1 saturated heterocycles. The third kappa shape index (κ3) is 5.64. The van der Waals surface area contributed by atoms with Crippen molar-refractivity contribution in [3.05, 3.63) is 0 Å². The Morgan fingerprint density at radius 3 is 2.75 bits per heavy atom. The molecule has 1 aliphatic heterocycles. The Kier molecular flexibility index (Phi) is 7.25. The number of rotatable bonds is 8. The van der Waals surface area contributed by atoms with Gasteiger partial charge in [0.1, 0.15) is 0 Å². The average Bonchev–Trinajstić information content (AvgIpc) is 2.86. The molecule has 8 heteroatoms. The van der Waals surface area contributed by atoms with Crippen molar-refractivity contribution >= 4 is 16.3 Å². The van der Waals surface area contributed by atoms with Crippen LogP contribution in [-0.4, -0.2) is 51.1 Å². The number of hydrogen-bond donors (Lipinski definition) is 2. The number of unbranched alkanes of at least 4 members (excludes halogenated alkanes) is 1. The van der Waals surface area contributed by atoms with Crippen molar-refractivity contribution in [3.63, 3.8) is 0 Å². The lowest BCUT2D eigenvalue weighted by molar-refractivity contribution is 0.158. The first-order valence-corrected chi connectivity index (χ1v) is 8.61. The van der Waals surface area contributed by atoms with Crippen molar-refractivity contribution in [2.75, 3.05) is 26.2 Å². The number of ether oxygens (including phenoxy) is 1. The molecule has 0 aromatic carbocycles. The van der Waals surface area contributed by atoms with Crippen molar-refractivity contribution in [2.45, 2.75) is 45.6 Å². The number of carbonyl (C=O) groups excluding carboxylic acids is 1. The van der Waals surface area contributed by atoms with Crippen LogP contribution in [-0.2, 0) is 14.9 Å². The minimum absolute atomic E-state index is 0.139. The minimum Gasteiger partial charge on any atom is -0.449 e. The summed E-state index contributed by atoms with van der Waals surface area (Å²) >= 11 is 0. The second-order valence-electron chi connectivity index (χ2n) is 4.83. The second kappa shape index (κ2) is 8.43. The molecular formula is C12H25N3O4S. The molecular weight excluding hydrogens is 282 g/mol. The molecule has 1 rings (SSSR count).